The number of halogens is 1. The third-order valence-corrected chi connectivity index (χ3v) is 4.44. The molecule has 0 fully saturated rings. The van der Waals surface area contributed by atoms with Crippen molar-refractivity contribution in [2.75, 3.05) is 11.9 Å². The summed E-state index contributed by atoms with van der Waals surface area (Å²) >= 11 is 3.40. The third kappa shape index (κ3) is 5.19. The maximum absolute atomic E-state index is 12.7. The first-order chi connectivity index (χ1) is 13.2. The van der Waals surface area contributed by atoms with E-state index in [1.54, 1.807) is 36.4 Å². The Bertz CT molecular complexity index is 964. The van der Waals surface area contributed by atoms with Gasteiger partial charge in [0.15, 0.2) is 0 Å². The number of anilines is 1. The summed E-state index contributed by atoms with van der Waals surface area (Å²) in [5.41, 5.74) is 2.79. The summed E-state index contributed by atoms with van der Waals surface area (Å²) in [5, 5.41) is 11.7. The van der Waals surface area contributed by atoms with E-state index in [9.17, 15) is 4.79 Å². The van der Waals surface area contributed by atoms with E-state index < -0.39 is 0 Å². The highest BCUT2D eigenvalue weighted by Gasteiger charge is 2.14. The first-order valence-electron chi connectivity index (χ1n) is 8.43. The molecule has 3 aromatic rings. The van der Waals surface area contributed by atoms with Crippen LogP contribution in [0.5, 0.6) is 5.75 Å². The highest BCUT2D eigenvalue weighted by molar-refractivity contribution is 9.10. The first-order valence-corrected chi connectivity index (χ1v) is 9.23. The van der Waals surface area contributed by atoms with Crippen LogP contribution in [-0.2, 0) is 6.42 Å². The summed E-state index contributed by atoms with van der Waals surface area (Å²) in [5.74, 6) is 0.260. The Labute approximate surface area is 166 Å². The van der Waals surface area contributed by atoms with Crippen LogP contribution in [0.4, 0.5) is 5.69 Å². The SMILES string of the molecule is N#Cc1ccc(NC(=O)c2cc(Br)ccc2OCCc2ccccc2)cc1. The van der Waals surface area contributed by atoms with Gasteiger partial charge in [-0.2, -0.15) is 5.26 Å². The monoisotopic (exact) mass is 420 g/mol. The van der Waals surface area contributed by atoms with Crippen molar-refractivity contribution in [3.63, 3.8) is 0 Å². The number of nitrogens with zero attached hydrogens (tertiary/aromatic N) is 1. The summed E-state index contributed by atoms with van der Waals surface area (Å²) in [6, 6.07) is 24.2. The molecule has 1 N–H and O–H groups in total. The molecule has 134 valence electrons. The molecule has 0 aliphatic rings. The van der Waals surface area contributed by atoms with E-state index in [-0.39, 0.29) is 5.91 Å². The van der Waals surface area contributed by atoms with Gasteiger partial charge in [-0.3, -0.25) is 4.79 Å². The van der Waals surface area contributed by atoms with Crippen molar-refractivity contribution in [3.8, 4) is 11.8 Å². The van der Waals surface area contributed by atoms with Gasteiger partial charge in [0.1, 0.15) is 5.75 Å². The topological polar surface area (TPSA) is 62.1 Å². The number of hydrogen-bond acceptors (Lipinski definition) is 3. The van der Waals surface area contributed by atoms with Gasteiger partial charge in [0.2, 0.25) is 0 Å². The number of hydrogen-bond donors (Lipinski definition) is 1. The summed E-state index contributed by atoms with van der Waals surface area (Å²) in [7, 11) is 0. The Morgan fingerprint density at radius 3 is 2.48 bits per heavy atom. The van der Waals surface area contributed by atoms with Crippen LogP contribution >= 0.6 is 15.9 Å². The van der Waals surface area contributed by atoms with Crippen molar-refractivity contribution in [1.29, 1.82) is 5.26 Å². The Kier molecular flexibility index (Phi) is 6.24. The van der Waals surface area contributed by atoms with E-state index in [2.05, 4.69) is 27.3 Å². The molecular formula is C22H17BrN2O2. The number of carbonyl (C=O) groups is 1. The molecule has 0 saturated carbocycles. The van der Waals surface area contributed by atoms with Crippen molar-refractivity contribution in [2.45, 2.75) is 6.42 Å². The molecule has 27 heavy (non-hydrogen) atoms. The molecule has 0 radical (unpaired) electrons. The van der Waals surface area contributed by atoms with E-state index in [1.807, 2.05) is 36.4 Å². The molecule has 4 nitrogen and oxygen atoms in total. The number of ether oxygens (including phenoxy) is 1. The van der Waals surface area contributed by atoms with Gasteiger partial charge in [0.25, 0.3) is 5.91 Å². The van der Waals surface area contributed by atoms with Gasteiger partial charge >= 0.3 is 0 Å². The highest BCUT2D eigenvalue weighted by Crippen LogP contribution is 2.25. The van der Waals surface area contributed by atoms with Crippen LogP contribution in [0.25, 0.3) is 0 Å². The minimum Gasteiger partial charge on any atom is -0.492 e. The lowest BCUT2D eigenvalue weighted by Gasteiger charge is -2.12. The molecule has 5 heteroatoms. The van der Waals surface area contributed by atoms with Crippen LogP contribution < -0.4 is 10.1 Å². The second-order valence-corrected chi connectivity index (χ2v) is 6.78. The Hall–Kier alpha value is -3.10. The van der Waals surface area contributed by atoms with Crippen LogP contribution in [-0.4, -0.2) is 12.5 Å². The zero-order chi connectivity index (χ0) is 19.1. The van der Waals surface area contributed by atoms with E-state index in [0.717, 1.165) is 10.9 Å². The molecule has 3 aromatic carbocycles. The van der Waals surface area contributed by atoms with Crippen molar-refractivity contribution in [2.24, 2.45) is 0 Å². The minimum absolute atomic E-state index is 0.268. The second-order valence-electron chi connectivity index (χ2n) is 5.87. The molecular weight excluding hydrogens is 404 g/mol. The average molecular weight is 421 g/mol. The van der Waals surface area contributed by atoms with Gasteiger partial charge in [-0.05, 0) is 48.0 Å². The van der Waals surface area contributed by atoms with E-state index in [1.165, 1.54) is 5.56 Å². The molecule has 0 aromatic heterocycles. The van der Waals surface area contributed by atoms with Crippen LogP contribution in [0.3, 0.4) is 0 Å². The third-order valence-electron chi connectivity index (χ3n) is 3.95. The summed E-state index contributed by atoms with van der Waals surface area (Å²) in [4.78, 5) is 12.7. The van der Waals surface area contributed by atoms with Crippen molar-refractivity contribution in [3.05, 3.63) is 94.0 Å². The Balaban J connectivity index is 1.70. The van der Waals surface area contributed by atoms with Gasteiger partial charge in [-0.25, -0.2) is 0 Å². The molecule has 0 saturated heterocycles. The van der Waals surface area contributed by atoms with Crippen LogP contribution in [0, 0.1) is 11.3 Å². The molecule has 0 atom stereocenters. The molecule has 0 spiro atoms. The molecule has 0 bridgehead atoms. The van der Waals surface area contributed by atoms with Crippen molar-refractivity contribution >= 4 is 27.5 Å². The molecule has 0 aliphatic carbocycles. The van der Waals surface area contributed by atoms with E-state index in [0.29, 0.717) is 29.2 Å². The first kappa shape index (κ1) is 18.7. The standard InChI is InChI=1S/C22H17BrN2O2/c23-18-8-11-21(27-13-12-16-4-2-1-3-5-16)20(14-18)22(26)25-19-9-6-17(15-24)7-10-19/h1-11,14H,12-13H2,(H,25,26). The van der Waals surface area contributed by atoms with Crippen LogP contribution in [0.15, 0.2) is 77.3 Å². The van der Waals surface area contributed by atoms with E-state index in [4.69, 9.17) is 10.00 Å². The van der Waals surface area contributed by atoms with Crippen LogP contribution in [0.2, 0.25) is 0 Å². The van der Waals surface area contributed by atoms with Gasteiger partial charge in [0.05, 0.1) is 23.8 Å². The lowest BCUT2D eigenvalue weighted by molar-refractivity contribution is 0.102. The van der Waals surface area contributed by atoms with Gasteiger partial charge < -0.3 is 10.1 Å². The fourth-order valence-corrected chi connectivity index (χ4v) is 2.92. The maximum atomic E-state index is 12.7. The quantitative estimate of drug-likeness (QED) is 0.596. The largest absolute Gasteiger partial charge is 0.492 e. The maximum Gasteiger partial charge on any atom is 0.259 e. The number of rotatable bonds is 6. The predicted molar refractivity (Wildman–Crippen MR) is 109 cm³/mol. The van der Waals surface area contributed by atoms with Gasteiger partial charge in [0, 0.05) is 16.6 Å². The molecule has 0 unspecified atom stereocenters. The summed E-state index contributed by atoms with van der Waals surface area (Å²) in [6.07, 6.45) is 0.758. The minimum atomic E-state index is -0.268. The highest BCUT2D eigenvalue weighted by atomic mass is 79.9. The fraction of sp³-hybridized carbons (Fsp3) is 0.0909. The average Bonchev–Trinajstić information content (AvgIpc) is 2.70. The molecule has 0 heterocycles. The number of benzene rings is 3. The van der Waals surface area contributed by atoms with E-state index >= 15 is 0 Å². The van der Waals surface area contributed by atoms with Gasteiger partial charge in [-0.1, -0.05) is 46.3 Å². The predicted octanol–water partition coefficient (Wildman–Crippen LogP) is 5.19. The summed E-state index contributed by atoms with van der Waals surface area (Å²) < 4.78 is 6.66. The molecule has 1 amide bonds. The van der Waals surface area contributed by atoms with Crippen molar-refractivity contribution < 1.29 is 9.53 Å². The molecule has 0 aliphatic heterocycles. The number of nitriles is 1. The van der Waals surface area contributed by atoms with Crippen molar-refractivity contribution in [1.82, 2.24) is 0 Å². The Morgan fingerprint density at radius 2 is 1.78 bits per heavy atom. The normalized spacial score (nSPS) is 10.1. The van der Waals surface area contributed by atoms with Crippen LogP contribution in [0.1, 0.15) is 21.5 Å². The second kappa shape index (κ2) is 9.02. The smallest absolute Gasteiger partial charge is 0.259 e. The lowest BCUT2D eigenvalue weighted by atomic mass is 10.1. The fourth-order valence-electron chi connectivity index (χ4n) is 2.56. The summed E-state index contributed by atoms with van der Waals surface area (Å²) in [6.45, 7) is 0.475. The number of amides is 1. The van der Waals surface area contributed by atoms with Gasteiger partial charge in [-0.15, -0.1) is 0 Å². The zero-order valence-electron chi connectivity index (χ0n) is 14.5. The Morgan fingerprint density at radius 1 is 1.04 bits per heavy atom. The zero-order valence-corrected chi connectivity index (χ0v) is 16.1. The molecule has 3 rings (SSSR count). The number of nitrogens with one attached hydrogen (secondary N) is 1. The lowest BCUT2D eigenvalue weighted by Crippen LogP contribution is -2.14. The number of carbonyl (C=O) groups excluding carboxylic acids is 1.